The maximum atomic E-state index is 13.2. The third-order valence-electron chi connectivity index (χ3n) is 4.23. The predicted octanol–water partition coefficient (Wildman–Crippen LogP) is 5.37. The fourth-order valence-corrected chi connectivity index (χ4v) is 2.63. The standard InChI is InChI=1S/C18H18F7N3/c1-4-13-5-7-15(8-6-13)28-11(2)9-14(12(28)3)10-26-27-18(24,25)16(19,20)17(21,22)23/h5-10,27H,4H2,1-3H3/b26-10+. The van der Waals surface area contributed by atoms with Crippen molar-refractivity contribution in [1.82, 2.24) is 9.99 Å². The second-order valence-electron chi connectivity index (χ2n) is 6.20. The molecule has 154 valence electrons. The van der Waals surface area contributed by atoms with E-state index in [2.05, 4.69) is 5.10 Å². The molecule has 0 spiro atoms. The Morgan fingerprint density at radius 3 is 2.07 bits per heavy atom. The van der Waals surface area contributed by atoms with Gasteiger partial charge in [-0.3, -0.25) is 0 Å². The van der Waals surface area contributed by atoms with Gasteiger partial charge in [-0.2, -0.15) is 35.8 Å². The zero-order valence-electron chi connectivity index (χ0n) is 15.2. The summed E-state index contributed by atoms with van der Waals surface area (Å²) in [7, 11) is 0. The van der Waals surface area contributed by atoms with Crippen molar-refractivity contribution in [1.29, 1.82) is 0 Å². The molecule has 10 heteroatoms. The Kier molecular flexibility index (Phi) is 5.82. The number of nitrogens with zero attached hydrogens (tertiary/aromatic N) is 2. The summed E-state index contributed by atoms with van der Waals surface area (Å²) in [5.41, 5.74) is 4.07. The lowest BCUT2D eigenvalue weighted by Crippen LogP contribution is -2.58. The van der Waals surface area contributed by atoms with E-state index in [0.717, 1.165) is 23.9 Å². The van der Waals surface area contributed by atoms with Gasteiger partial charge < -0.3 is 4.57 Å². The number of hydrogen-bond acceptors (Lipinski definition) is 2. The predicted molar refractivity (Wildman–Crippen MR) is 91.3 cm³/mol. The van der Waals surface area contributed by atoms with Gasteiger partial charge in [-0.05, 0) is 44.0 Å². The molecule has 0 bridgehead atoms. The van der Waals surface area contributed by atoms with Crippen molar-refractivity contribution in [2.24, 2.45) is 5.10 Å². The number of hydrazone groups is 1. The molecule has 0 atom stereocenters. The molecule has 1 aromatic carbocycles. The number of rotatable bonds is 6. The van der Waals surface area contributed by atoms with Gasteiger partial charge in [0, 0.05) is 22.6 Å². The molecular formula is C18H18F7N3. The van der Waals surface area contributed by atoms with Crippen LogP contribution in [0.2, 0.25) is 0 Å². The van der Waals surface area contributed by atoms with Crippen molar-refractivity contribution in [2.75, 3.05) is 0 Å². The minimum Gasteiger partial charge on any atom is -0.318 e. The summed E-state index contributed by atoms with van der Waals surface area (Å²) >= 11 is 0. The zero-order chi connectivity index (χ0) is 21.3. The first-order chi connectivity index (χ1) is 12.8. The number of nitrogens with one attached hydrogen (secondary N) is 1. The first kappa shape index (κ1) is 21.8. The van der Waals surface area contributed by atoms with Crippen LogP contribution >= 0.6 is 0 Å². The van der Waals surface area contributed by atoms with Crippen molar-refractivity contribution in [3.8, 4) is 5.69 Å². The summed E-state index contributed by atoms with van der Waals surface area (Å²) in [6, 6.07) is 3.51. The van der Waals surface area contributed by atoms with Crippen LogP contribution in [0.4, 0.5) is 30.7 Å². The number of hydrogen-bond donors (Lipinski definition) is 1. The highest BCUT2D eigenvalue weighted by Crippen LogP contribution is 2.45. The maximum absolute atomic E-state index is 13.2. The van der Waals surface area contributed by atoms with Crippen LogP contribution in [0.3, 0.4) is 0 Å². The molecule has 0 fully saturated rings. The van der Waals surface area contributed by atoms with Crippen LogP contribution in [0.15, 0.2) is 35.4 Å². The molecule has 0 aliphatic rings. The lowest BCUT2D eigenvalue weighted by molar-refractivity contribution is -0.361. The number of benzene rings is 1. The van der Waals surface area contributed by atoms with Gasteiger partial charge in [-0.15, -0.1) is 0 Å². The van der Waals surface area contributed by atoms with E-state index in [9.17, 15) is 30.7 Å². The lowest BCUT2D eigenvalue weighted by atomic mass is 10.1. The molecule has 0 aliphatic heterocycles. The Hall–Kier alpha value is -2.52. The van der Waals surface area contributed by atoms with Gasteiger partial charge in [0.1, 0.15) is 0 Å². The highest BCUT2D eigenvalue weighted by molar-refractivity contribution is 5.82. The molecule has 2 rings (SSSR count). The number of alkyl halides is 7. The van der Waals surface area contributed by atoms with Crippen LogP contribution in [0.5, 0.6) is 0 Å². The van der Waals surface area contributed by atoms with Gasteiger partial charge >= 0.3 is 18.1 Å². The summed E-state index contributed by atoms with van der Waals surface area (Å²) in [4.78, 5) is 0. The average Bonchev–Trinajstić information content (AvgIpc) is 2.87. The molecule has 1 N–H and O–H groups in total. The van der Waals surface area contributed by atoms with E-state index in [1.54, 1.807) is 24.5 Å². The van der Waals surface area contributed by atoms with Gasteiger partial charge in [-0.25, -0.2) is 5.43 Å². The molecule has 0 aliphatic carbocycles. The van der Waals surface area contributed by atoms with E-state index in [0.29, 0.717) is 16.8 Å². The smallest absolute Gasteiger partial charge is 0.318 e. The quantitative estimate of drug-likeness (QED) is 0.296. The average molecular weight is 409 g/mol. The van der Waals surface area contributed by atoms with Crippen molar-refractivity contribution >= 4 is 6.21 Å². The summed E-state index contributed by atoms with van der Waals surface area (Å²) in [5, 5.41) is 2.91. The fraction of sp³-hybridized carbons (Fsp3) is 0.389. The molecule has 1 aromatic heterocycles. The van der Waals surface area contributed by atoms with Gasteiger partial charge in [0.2, 0.25) is 0 Å². The topological polar surface area (TPSA) is 29.3 Å². The van der Waals surface area contributed by atoms with Gasteiger partial charge in [0.15, 0.2) is 0 Å². The number of aryl methyl sites for hydroxylation is 2. The molecule has 0 amide bonds. The monoisotopic (exact) mass is 409 g/mol. The van der Waals surface area contributed by atoms with Crippen LogP contribution in [-0.2, 0) is 6.42 Å². The van der Waals surface area contributed by atoms with Crippen molar-refractivity contribution in [3.05, 3.63) is 52.8 Å². The van der Waals surface area contributed by atoms with E-state index < -0.39 is 18.1 Å². The van der Waals surface area contributed by atoms with Crippen LogP contribution in [0.1, 0.15) is 29.4 Å². The zero-order valence-corrected chi connectivity index (χ0v) is 15.2. The van der Waals surface area contributed by atoms with E-state index in [1.807, 2.05) is 31.2 Å². The first-order valence-electron chi connectivity index (χ1n) is 8.22. The number of halogens is 7. The van der Waals surface area contributed by atoms with Gasteiger partial charge in [0.25, 0.3) is 0 Å². The molecule has 2 aromatic rings. The normalized spacial score (nSPS) is 13.4. The summed E-state index contributed by atoms with van der Waals surface area (Å²) in [6.07, 6.45) is -4.79. The molecule has 0 unspecified atom stereocenters. The highest BCUT2D eigenvalue weighted by Gasteiger charge is 2.73. The van der Waals surface area contributed by atoms with Crippen LogP contribution < -0.4 is 5.43 Å². The van der Waals surface area contributed by atoms with E-state index in [-0.39, 0.29) is 5.56 Å². The third-order valence-corrected chi connectivity index (χ3v) is 4.23. The second kappa shape index (κ2) is 7.48. The second-order valence-corrected chi connectivity index (χ2v) is 6.20. The Morgan fingerprint density at radius 1 is 1.00 bits per heavy atom. The molecule has 0 saturated heterocycles. The van der Waals surface area contributed by atoms with Crippen molar-refractivity contribution in [2.45, 2.75) is 45.3 Å². The first-order valence-corrected chi connectivity index (χ1v) is 8.22. The maximum Gasteiger partial charge on any atom is 0.462 e. The van der Waals surface area contributed by atoms with Gasteiger partial charge in [0.05, 0.1) is 6.21 Å². The largest absolute Gasteiger partial charge is 0.462 e. The summed E-state index contributed by atoms with van der Waals surface area (Å²) < 4.78 is 90.3. The lowest BCUT2D eigenvalue weighted by Gasteiger charge is -2.27. The summed E-state index contributed by atoms with van der Waals surface area (Å²) in [6.45, 7) is 5.38. The Labute approximate surface area is 156 Å². The molecule has 28 heavy (non-hydrogen) atoms. The van der Waals surface area contributed by atoms with Crippen LogP contribution in [-0.4, -0.2) is 28.9 Å². The Bertz CT molecular complexity index is 849. The minimum atomic E-state index is -6.42. The van der Waals surface area contributed by atoms with Crippen molar-refractivity contribution in [3.63, 3.8) is 0 Å². The van der Waals surface area contributed by atoms with E-state index in [1.165, 1.54) is 0 Å². The van der Waals surface area contributed by atoms with Crippen LogP contribution in [0.25, 0.3) is 5.69 Å². The molecule has 1 heterocycles. The highest BCUT2D eigenvalue weighted by atomic mass is 19.4. The van der Waals surface area contributed by atoms with Crippen molar-refractivity contribution < 1.29 is 30.7 Å². The Morgan fingerprint density at radius 2 is 1.57 bits per heavy atom. The van der Waals surface area contributed by atoms with Gasteiger partial charge in [-0.1, -0.05) is 19.1 Å². The Balaban J connectivity index is 2.26. The molecule has 3 nitrogen and oxygen atoms in total. The SMILES string of the molecule is CCc1ccc(-n2c(C)cc(/C=N/NC(F)(F)C(F)(F)C(F)(F)F)c2C)cc1. The molecular weight excluding hydrogens is 391 g/mol. The number of aromatic nitrogens is 1. The van der Waals surface area contributed by atoms with E-state index in [4.69, 9.17) is 0 Å². The summed E-state index contributed by atoms with van der Waals surface area (Å²) in [5.74, 6) is -6.27. The molecule has 0 radical (unpaired) electrons. The van der Waals surface area contributed by atoms with E-state index >= 15 is 0 Å². The van der Waals surface area contributed by atoms with Crippen LogP contribution in [0, 0.1) is 13.8 Å². The minimum absolute atomic E-state index is 0.288. The fourth-order valence-electron chi connectivity index (χ4n) is 2.63. The third kappa shape index (κ3) is 4.00. The molecule has 0 saturated carbocycles.